The molecule has 11 heavy (non-hydrogen) atoms. The molecule has 1 aliphatic heterocycles. The Morgan fingerprint density at radius 3 is 1.64 bits per heavy atom. The van der Waals surface area contributed by atoms with Crippen LogP contribution in [0.3, 0.4) is 0 Å². The highest BCUT2D eigenvalue weighted by Gasteiger charge is 2.67. The molecule has 2 nitrogen and oxygen atoms in total. The van der Waals surface area contributed by atoms with Crippen LogP contribution in [-0.4, -0.2) is 15.8 Å². The van der Waals surface area contributed by atoms with Crippen molar-refractivity contribution in [2.45, 2.75) is 29.6 Å². The second-order valence-electron chi connectivity index (χ2n) is 2.64. The zero-order chi connectivity index (χ0) is 8.91. The minimum atomic E-state index is -3.88. The Hall–Kier alpha value is 0.440. The maximum Gasteiger partial charge on any atom is 0.427 e. The van der Waals surface area contributed by atoms with E-state index >= 15 is 0 Å². The minimum absolute atomic E-state index is 0.870. The van der Waals surface area contributed by atoms with Crippen molar-refractivity contribution in [2.24, 2.45) is 0 Å². The van der Waals surface area contributed by atoms with Crippen LogP contribution in [0.25, 0.3) is 0 Å². The Morgan fingerprint density at radius 1 is 1.09 bits per heavy atom. The van der Waals surface area contributed by atoms with Crippen LogP contribution in [0.5, 0.6) is 0 Å². The van der Waals surface area contributed by atoms with Gasteiger partial charge in [0.1, 0.15) is 0 Å². The van der Waals surface area contributed by atoms with Crippen molar-refractivity contribution >= 4 is 22.6 Å². The normalized spacial score (nSPS) is 40.9. The molecule has 0 bridgehead atoms. The fourth-order valence-corrected chi connectivity index (χ4v) is 1.40. The first kappa shape index (κ1) is 9.53. The molecular formula is C5H6F3IO2. The van der Waals surface area contributed by atoms with Crippen molar-refractivity contribution in [3.8, 4) is 0 Å². The first-order chi connectivity index (χ1) is 4.66. The summed E-state index contributed by atoms with van der Waals surface area (Å²) in [6.45, 7) is 2.45. The second-order valence-corrected chi connectivity index (χ2v) is 4.03. The third kappa shape index (κ3) is 1.62. The van der Waals surface area contributed by atoms with Crippen LogP contribution in [0.1, 0.15) is 13.8 Å². The van der Waals surface area contributed by atoms with Gasteiger partial charge < -0.3 is 0 Å². The van der Waals surface area contributed by atoms with Crippen LogP contribution in [0.2, 0.25) is 0 Å². The molecule has 6 heteroatoms. The Balaban J connectivity index is 2.89. The minimum Gasteiger partial charge on any atom is -0.299 e. The lowest BCUT2D eigenvalue weighted by Gasteiger charge is -2.15. The van der Waals surface area contributed by atoms with E-state index in [1.165, 1.54) is 13.8 Å². The number of halogens is 4. The summed E-state index contributed by atoms with van der Waals surface area (Å²) in [6.07, 6.45) is -3.88. The molecule has 1 fully saturated rings. The number of hydrogen-bond acceptors (Lipinski definition) is 2. The summed E-state index contributed by atoms with van der Waals surface area (Å²) in [5.74, 6) is -1.57. The summed E-state index contributed by atoms with van der Waals surface area (Å²) >= 11 is 0.870. The van der Waals surface area contributed by atoms with Gasteiger partial charge in [0, 0.05) is 22.6 Å². The van der Waals surface area contributed by atoms with E-state index in [9.17, 15) is 13.2 Å². The van der Waals surface area contributed by atoms with Crippen LogP contribution in [-0.2, 0) is 9.47 Å². The quantitative estimate of drug-likeness (QED) is 0.502. The molecule has 1 saturated heterocycles. The van der Waals surface area contributed by atoms with Gasteiger partial charge >= 0.3 is 9.97 Å². The van der Waals surface area contributed by atoms with E-state index in [1.54, 1.807) is 0 Å². The molecule has 1 unspecified atom stereocenters. The predicted molar refractivity (Wildman–Crippen MR) is 39.1 cm³/mol. The lowest BCUT2D eigenvalue weighted by atomic mass is 10.4. The zero-order valence-corrected chi connectivity index (χ0v) is 7.99. The summed E-state index contributed by atoms with van der Waals surface area (Å²) in [7, 11) is 0. The van der Waals surface area contributed by atoms with Gasteiger partial charge in [0.25, 0.3) is 0 Å². The molecule has 0 aromatic rings. The summed E-state index contributed by atoms with van der Waals surface area (Å²) in [5, 5.41) is 0. The lowest BCUT2D eigenvalue weighted by molar-refractivity contribution is -0.268. The smallest absolute Gasteiger partial charge is 0.299 e. The van der Waals surface area contributed by atoms with Crippen molar-refractivity contribution in [2.75, 3.05) is 0 Å². The first-order valence-corrected chi connectivity index (χ1v) is 3.90. The van der Waals surface area contributed by atoms with Crippen LogP contribution in [0, 0.1) is 0 Å². The van der Waals surface area contributed by atoms with Gasteiger partial charge in [0.05, 0.1) is 0 Å². The Bertz CT molecular complexity index is 163. The highest BCUT2D eigenvalue weighted by atomic mass is 127. The van der Waals surface area contributed by atoms with E-state index < -0.39 is 15.8 Å². The largest absolute Gasteiger partial charge is 0.427 e. The van der Waals surface area contributed by atoms with Crippen LogP contribution < -0.4 is 0 Å². The first-order valence-electron chi connectivity index (χ1n) is 2.82. The van der Waals surface area contributed by atoms with E-state index in [4.69, 9.17) is 0 Å². The third-order valence-electron chi connectivity index (χ3n) is 1.09. The summed E-state index contributed by atoms with van der Waals surface area (Å²) in [5.41, 5.74) is 0. The molecule has 0 aliphatic carbocycles. The lowest BCUT2D eigenvalue weighted by Crippen LogP contribution is -2.34. The second kappa shape index (κ2) is 2.23. The van der Waals surface area contributed by atoms with Crippen molar-refractivity contribution in [3.63, 3.8) is 0 Å². The van der Waals surface area contributed by atoms with Gasteiger partial charge in [0.15, 0.2) is 5.79 Å². The van der Waals surface area contributed by atoms with E-state index in [-0.39, 0.29) is 0 Å². The molecular weight excluding hydrogens is 276 g/mol. The highest BCUT2D eigenvalue weighted by Crippen LogP contribution is 2.51. The Morgan fingerprint density at radius 2 is 1.55 bits per heavy atom. The zero-order valence-electron chi connectivity index (χ0n) is 5.83. The number of rotatable bonds is 0. The van der Waals surface area contributed by atoms with Crippen molar-refractivity contribution in [1.82, 2.24) is 0 Å². The molecule has 66 valence electrons. The molecule has 0 aromatic carbocycles. The standard InChI is InChI=1S/C5H6F3IO2/c1-3(2)10-4(6,7)5(8,9)11-3/h1-2H3. The molecule has 1 heterocycles. The molecule has 0 radical (unpaired) electrons. The molecule has 0 saturated carbocycles. The molecule has 1 atom stereocenters. The molecule has 0 amide bonds. The summed E-state index contributed by atoms with van der Waals surface area (Å²) in [4.78, 5) is 0. The Kier molecular flexibility index (Phi) is 1.93. The predicted octanol–water partition coefficient (Wildman–Crippen LogP) is 2.42. The molecule has 0 aromatic heterocycles. The van der Waals surface area contributed by atoms with Gasteiger partial charge in [-0.3, -0.25) is 9.47 Å². The fourth-order valence-electron chi connectivity index (χ4n) is 0.757. The van der Waals surface area contributed by atoms with Crippen molar-refractivity contribution < 1.29 is 22.6 Å². The van der Waals surface area contributed by atoms with E-state index in [0.29, 0.717) is 0 Å². The topological polar surface area (TPSA) is 18.5 Å². The van der Waals surface area contributed by atoms with Gasteiger partial charge in [-0.15, -0.1) is 0 Å². The molecule has 1 rings (SSSR count). The number of hydrogen-bond donors (Lipinski definition) is 0. The molecule has 0 spiro atoms. The maximum absolute atomic E-state index is 12.8. The molecule has 1 aliphatic rings. The fraction of sp³-hybridized carbons (Fsp3) is 1.00. The van der Waals surface area contributed by atoms with Gasteiger partial charge in [-0.05, 0) is 13.8 Å². The summed E-state index contributed by atoms with van der Waals surface area (Å²) in [6, 6.07) is 0. The van der Waals surface area contributed by atoms with Crippen molar-refractivity contribution in [3.05, 3.63) is 0 Å². The monoisotopic (exact) mass is 282 g/mol. The van der Waals surface area contributed by atoms with Gasteiger partial charge in [-0.25, -0.2) is 0 Å². The van der Waals surface area contributed by atoms with Crippen LogP contribution in [0.4, 0.5) is 13.2 Å². The third-order valence-corrected chi connectivity index (χ3v) is 1.93. The average molecular weight is 282 g/mol. The van der Waals surface area contributed by atoms with E-state index in [0.717, 1.165) is 22.6 Å². The number of ether oxygens (including phenoxy) is 2. The average Bonchev–Trinajstić information content (AvgIpc) is 1.66. The van der Waals surface area contributed by atoms with Crippen LogP contribution >= 0.6 is 22.6 Å². The van der Waals surface area contributed by atoms with E-state index in [2.05, 4.69) is 9.47 Å². The van der Waals surface area contributed by atoms with Gasteiger partial charge in [-0.2, -0.15) is 13.2 Å². The number of alkyl halides is 4. The van der Waals surface area contributed by atoms with Gasteiger partial charge in [-0.1, -0.05) is 0 Å². The Labute approximate surface area is 75.2 Å². The van der Waals surface area contributed by atoms with E-state index in [1.807, 2.05) is 0 Å². The summed E-state index contributed by atoms with van der Waals surface area (Å²) < 4.78 is 43.0. The highest BCUT2D eigenvalue weighted by molar-refractivity contribution is 14.1. The SMILES string of the molecule is CC1(C)OC(F)(F)C(F)(I)O1. The van der Waals surface area contributed by atoms with Crippen molar-refractivity contribution in [1.29, 1.82) is 0 Å². The molecule has 0 N–H and O–H groups in total. The van der Waals surface area contributed by atoms with Crippen LogP contribution in [0.15, 0.2) is 0 Å². The maximum atomic E-state index is 12.8. The van der Waals surface area contributed by atoms with Gasteiger partial charge in [0.2, 0.25) is 0 Å².